The lowest BCUT2D eigenvalue weighted by Crippen LogP contribution is -2.65. The summed E-state index contributed by atoms with van der Waals surface area (Å²) in [7, 11) is 0. The minimum atomic E-state index is -4.91. The SMILES string of the molecule is CC1CCC(C(N)(C(=O)O)C(F)(F)F)CC1C. The first-order valence-electron chi connectivity index (χ1n) is 5.69. The van der Waals surface area contributed by atoms with E-state index in [4.69, 9.17) is 10.8 Å². The van der Waals surface area contributed by atoms with Gasteiger partial charge in [-0.3, -0.25) is 0 Å². The molecule has 1 fully saturated rings. The highest BCUT2D eigenvalue weighted by atomic mass is 19.4. The Morgan fingerprint density at radius 2 is 1.76 bits per heavy atom. The summed E-state index contributed by atoms with van der Waals surface area (Å²) in [4.78, 5) is 10.9. The highest BCUT2D eigenvalue weighted by Gasteiger charge is 2.62. The molecule has 1 aliphatic rings. The summed E-state index contributed by atoms with van der Waals surface area (Å²) in [6.07, 6.45) is -3.89. The summed E-state index contributed by atoms with van der Waals surface area (Å²) in [6, 6.07) is 0. The fraction of sp³-hybridized carbons (Fsp3) is 0.909. The molecule has 3 N–H and O–H groups in total. The molecule has 1 aliphatic carbocycles. The van der Waals surface area contributed by atoms with Crippen molar-refractivity contribution < 1.29 is 23.1 Å². The van der Waals surface area contributed by atoms with Gasteiger partial charge in [0.2, 0.25) is 5.54 Å². The molecule has 0 aliphatic heterocycles. The van der Waals surface area contributed by atoms with Crippen molar-refractivity contribution in [1.29, 1.82) is 0 Å². The normalized spacial score (nSPS) is 34.1. The molecule has 0 aromatic rings. The van der Waals surface area contributed by atoms with Crippen molar-refractivity contribution in [3.63, 3.8) is 0 Å². The van der Waals surface area contributed by atoms with Crippen LogP contribution >= 0.6 is 0 Å². The zero-order valence-electron chi connectivity index (χ0n) is 9.92. The molecule has 0 radical (unpaired) electrons. The maximum Gasteiger partial charge on any atom is 0.417 e. The predicted molar refractivity (Wildman–Crippen MR) is 56.3 cm³/mol. The quantitative estimate of drug-likeness (QED) is 0.794. The van der Waals surface area contributed by atoms with Gasteiger partial charge in [0.05, 0.1) is 0 Å². The van der Waals surface area contributed by atoms with Crippen LogP contribution in [0.25, 0.3) is 0 Å². The van der Waals surface area contributed by atoms with Gasteiger partial charge in [-0.05, 0) is 30.6 Å². The minimum absolute atomic E-state index is 0.0679. The monoisotopic (exact) mass is 253 g/mol. The number of alkyl halides is 3. The number of hydrogen-bond acceptors (Lipinski definition) is 2. The molecule has 1 rings (SSSR count). The van der Waals surface area contributed by atoms with E-state index >= 15 is 0 Å². The summed E-state index contributed by atoms with van der Waals surface area (Å²) < 4.78 is 38.6. The molecule has 0 heterocycles. The standard InChI is InChI=1S/C11H18F3NO2/c1-6-3-4-8(5-7(6)2)10(15,9(16)17)11(12,13)14/h6-8H,3-5,15H2,1-2H3,(H,16,17). The minimum Gasteiger partial charge on any atom is -0.480 e. The first-order chi connectivity index (χ1) is 7.60. The number of carboxylic acids is 1. The zero-order chi connectivity index (χ0) is 13.4. The maximum absolute atomic E-state index is 12.9. The summed E-state index contributed by atoms with van der Waals surface area (Å²) in [5.74, 6) is -2.63. The summed E-state index contributed by atoms with van der Waals surface area (Å²) >= 11 is 0. The Labute approximate surface area is 98.2 Å². The van der Waals surface area contributed by atoms with Crippen molar-refractivity contribution in [3.05, 3.63) is 0 Å². The topological polar surface area (TPSA) is 63.3 Å². The maximum atomic E-state index is 12.9. The summed E-state index contributed by atoms with van der Waals surface area (Å²) in [5.41, 5.74) is 2.07. The van der Waals surface area contributed by atoms with E-state index < -0.39 is 23.6 Å². The molecule has 6 heteroatoms. The van der Waals surface area contributed by atoms with Gasteiger partial charge < -0.3 is 10.8 Å². The van der Waals surface area contributed by atoms with E-state index in [1.54, 1.807) is 0 Å². The lowest BCUT2D eigenvalue weighted by Gasteiger charge is -2.41. The summed E-state index contributed by atoms with van der Waals surface area (Å²) in [6.45, 7) is 3.81. The Morgan fingerprint density at radius 1 is 1.24 bits per heavy atom. The first-order valence-corrected chi connectivity index (χ1v) is 5.69. The van der Waals surface area contributed by atoms with Gasteiger partial charge >= 0.3 is 12.1 Å². The van der Waals surface area contributed by atoms with E-state index in [0.717, 1.165) is 0 Å². The summed E-state index contributed by atoms with van der Waals surface area (Å²) in [5, 5.41) is 8.83. The molecule has 0 aromatic carbocycles. The van der Waals surface area contributed by atoms with Gasteiger partial charge in [0.15, 0.2) is 0 Å². The molecule has 4 unspecified atom stereocenters. The lowest BCUT2D eigenvalue weighted by atomic mass is 9.68. The molecule has 0 saturated heterocycles. The third-order valence-corrected chi connectivity index (χ3v) is 4.07. The molecule has 100 valence electrons. The zero-order valence-corrected chi connectivity index (χ0v) is 9.92. The van der Waals surface area contributed by atoms with Crippen molar-refractivity contribution >= 4 is 5.97 Å². The Morgan fingerprint density at radius 3 is 2.12 bits per heavy atom. The number of carbonyl (C=O) groups is 1. The van der Waals surface area contributed by atoms with Gasteiger partial charge in [0.25, 0.3) is 0 Å². The van der Waals surface area contributed by atoms with Gasteiger partial charge in [-0.25, -0.2) is 4.79 Å². The van der Waals surface area contributed by atoms with E-state index in [0.29, 0.717) is 12.3 Å². The number of aliphatic carboxylic acids is 1. The second-order valence-electron chi connectivity index (χ2n) is 5.14. The molecular formula is C11H18F3NO2. The van der Waals surface area contributed by atoms with Crippen molar-refractivity contribution in [2.24, 2.45) is 23.5 Å². The predicted octanol–water partition coefficient (Wildman–Crippen LogP) is 2.40. The van der Waals surface area contributed by atoms with Crippen LogP contribution in [0.3, 0.4) is 0 Å². The molecule has 3 nitrogen and oxygen atoms in total. The number of hydrogen-bond donors (Lipinski definition) is 2. The third-order valence-electron chi connectivity index (χ3n) is 4.07. The van der Waals surface area contributed by atoms with E-state index in [1.165, 1.54) is 0 Å². The van der Waals surface area contributed by atoms with Crippen LogP contribution in [0.15, 0.2) is 0 Å². The van der Waals surface area contributed by atoms with E-state index in [9.17, 15) is 18.0 Å². The molecule has 0 bridgehead atoms. The van der Waals surface area contributed by atoms with Gasteiger partial charge in [-0.1, -0.05) is 20.3 Å². The Balaban J connectivity index is 2.98. The van der Waals surface area contributed by atoms with E-state index in [2.05, 4.69) is 0 Å². The van der Waals surface area contributed by atoms with Crippen molar-refractivity contribution in [3.8, 4) is 0 Å². The second kappa shape index (κ2) is 4.48. The van der Waals surface area contributed by atoms with Gasteiger partial charge in [0.1, 0.15) is 0 Å². The third kappa shape index (κ3) is 2.41. The van der Waals surface area contributed by atoms with Crippen molar-refractivity contribution in [2.75, 3.05) is 0 Å². The highest BCUT2D eigenvalue weighted by Crippen LogP contribution is 2.44. The van der Waals surface area contributed by atoms with Crippen molar-refractivity contribution in [1.82, 2.24) is 0 Å². The van der Waals surface area contributed by atoms with Crippen LogP contribution in [-0.4, -0.2) is 22.8 Å². The van der Waals surface area contributed by atoms with E-state index in [1.807, 2.05) is 13.8 Å². The largest absolute Gasteiger partial charge is 0.480 e. The number of carboxylic acid groups (broad SMARTS) is 1. The van der Waals surface area contributed by atoms with Crippen LogP contribution < -0.4 is 5.73 Å². The Kier molecular flexibility index (Phi) is 3.76. The molecular weight excluding hydrogens is 235 g/mol. The Bertz CT molecular complexity index is 306. The molecule has 0 aromatic heterocycles. The molecule has 0 spiro atoms. The number of halogens is 3. The van der Waals surface area contributed by atoms with Gasteiger partial charge in [-0.2, -0.15) is 13.2 Å². The first kappa shape index (κ1) is 14.3. The van der Waals surface area contributed by atoms with Crippen LogP contribution in [-0.2, 0) is 4.79 Å². The number of nitrogens with two attached hydrogens (primary N) is 1. The second-order valence-corrected chi connectivity index (χ2v) is 5.14. The van der Waals surface area contributed by atoms with Crippen LogP contribution in [0.1, 0.15) is 33.1 Å². The van der Waals surface area contributed by atoms with E-state index in [-0.39, 0.29) is 18.8 Å². The molecule has 4 atom stereocenters. The van der Waals surface area contributed by atoms with Crippen LogP contribution in [0, 0.1) is 17.8 Å². The number of rotatable bonds is 2. The average Bonchev–Trinajstić information content (AvgIpc) is 2.19. The molecule has 0 amide bonds. The molecule has 17 heavy (non-hydrogen) atoms. The van der Waals surface area contributed by atoms with Crippen LogP contribution in [0.4, 0.5) is 13.2 Å². The lowest BCUT2D eigenvalue weighted by molar-refractivity contribution is -0.217. The fourth-order valence-corrected chi connectivity index (χ4v) is 2.49. The highest BCUT2D eigenvalue weighted by molar-refractivity contribution is 5.80. The molecule has 1 saturated carbocycles. The Hall–Kier alpha value is -0.780. The van der Waals surface area contributed by atoms with Gasteiger partial charge in [0, 0.05) is 0 Å². The average molecular weight is 253 g/mol. The smallest absolute Gasteiger partial charge is 0.417 e. The van der Waals surface area contributed by atoms with Gasteiger partial charge in [-0.15, -0.1) is 0 Å². The van der Waals surface area contributed by atoms with Crippen molar-refractivity contribution in [2.45, 2.75) is 44.8 Å². The van der Waals surface area contributed by atoms with Crippen LogP contribution in [0.2, 0.25) is 0 Å². The fourth-order valence-electron chi connectivity index (χ4n) is 2.49. The van der Waals surface area contributed by atoms with Crippen LogP contribution in [0.5, 0.6) is 0 Å².